The summed E-state index contributed by atoms with van der Waals surface area (Å²) in [6.07, 6.45) is 0. The molecule has 0 aliphatic rings. The molecule has 0 saturated carbocycles. The molecule has 0 fully saturated rings. The van der Waals surface area contributed by atoms with E-state index in [2.05, 4.69) is 5.32 Å². The number of rotatable bonds is 6. The molecular weight excluding hydrogens is 228 g/mol. The second-order valence-corrected chi connectivity index (χ2v) is 5.73. The summed E-state index contributed by atoms with van der Waals surface area (Å²) in [5, 5.41) is 11.5. The van der Waals surface area contributed by atoms with Gasteiger partial charge in [0.05, 0.1) is 18.1 Å². The summed E-state index contributed by atoms with van der Waals surface area (Å²) in [7, 11) is -3.15. The van der Waals surface area contributed by atoms with Crippen LogP contribution in [0.25, 0.3) is 0 Å². The Kier molecular flexibility index (Phi) is 4.57. The lowest BCUT2D eigenvalue weighted by Crippen LogP contribution is -2.20. The number of hydrogen-bond acceptors (Lipinski definition) is 5. The molecule has 0 radical (unpaired) electrons. The van der Waals surface area contributed by atoms with Crippen LogP contribution in [-0.2, 0) is 9.84 Å². The van der Waals surface area contributed by atoms with Crippen LogP contribution in [0.3, 0.4) is 0 Å². The fraction of sp³-hybridized carbons (Fsp3) is 0.400. The third-order valence-corrected chi connectivity index (χ3v) is 3.69. The third kappa shape index (κ3) is 4.50. The zero-order valence-electron chi connectivity index (χ0n) is 8.89. The number of sulfone groups is 1. The zero-order valence-corrected chi connectivity index (χ0v) is 9.70. The fourth-order valence-electron chi connectivity index (χ4n) is 1.19. The van der Waals surface area contributed by atoms with Gasteiger partial charge in [0.25, 0.3) is 0 Å². The van der Waals surface area contributed by atoms with Gasteiger partial charge in [0.2, 0.25) is 0 Å². The van der Waals surface area contributed by atoms with E-state index in [1.165, 1.54) is 0 Å². The summed E-state index contributed by atoms with van der Waals surface area (Å²) in [4.78, 5) is 0. The van der Waals surface area contributed by atoms with Gasteiger partial charge in [-0.05, 0) is 24.3 Å². The van der Waals surface area contributed by atoms with Gasteiger partial charge in [0.1, 0.15) is 0 Å². The quantitative estimate of drug-likeness (QED) is 0.617. The van der Waals surface area contributed by atoms with Crippen molar-refractivity contribution in [2.24, 2.45) is 0 Å². The average molecular weight is 244 g/mol. The SMILES string of the molecule is Nc1ccc(NCCS(=O)(=O)CCO)cc1. The van der Waals surface area contributed by atoms with E-state index in [1.807, 2.05) is 0 Å². The van der Waals surface area contributed by atoms with Crippen molar-refractivity contribution < 1.29 is 13.5 Å². The molecule has 0 bridgehead atoms. The van der Waals surface area contributed by atoms with Gasteiger partial charge in [-0.25, -0.2) is 8.42 Å². The molecule has 90 valence electrons. The standard InChI is InChI=1S/C10H16N2O3S/c11-9-1-3-10(4-2-9)12-5-7-16(14,15)8-6-13/h1-4,12-13H,5-8,11H2. The van der Waals surface area contributed by atoms with E-state index in [9.17, 15) is 8.42 Å². The monoisotopic (exact) mass is 244 g/mol. The van der Waals surface area contributed by atoms with Gasteiger partial charge in [-0.15, -0.1) is 0 Å². The maximum Gasteiger partial charge on any atom is 0.154 e. The Morgan fingerprint density at radius 3 is 2.38 bits per heavy atom. The summed E-state index contributed by atoms with van der Waals surface area (Å²) < 4.78 is 22.5. The average Bonchev–Trinajstić information content (AvgIpc) is 2.20. The first kappa shape index (κ1) is 12.8. The normalized spacial score (nSPS) is 11.3. The van der Waals surface area contributed by atoms with Gasteiger partial charge < -0.3 is 16.2 Å². The first-order valence-electron chi connectivity index (χ1n) is 4.94. The topological polar surface area (TPSA) is 92.4 Å². The van der Waals surface area contributed by atoms with Gasteiger partial charge in [0, 0.05) is 17.9 Å². The van der Waals surface area contributed by atoms with Gasteiger partial charge in [-0.2, -0.15) is 0 Å². The van der Waals surface area contributed by atoms with Crippen molar-refractivity contribution in [2.75, 3.05) is 35.7 Å². The molecule has 0 heterocycles. The number of nitrogen functional groups attached to an aromatic ring is 1. The van der Waals surface area contributed by atoms with Crippen LogP contribution >= 0.6 is 0 Å². The molecule has 1 aromatic rings. The first-order chi connectivity index (χ1) is 7.53. The van der Waals surface area contributed by atoms with Crippen LogP contribution < -0.4 is 11.1 Å². The highest BCUT2D eigenvalue weighted by molar-refractivity contribution is 7.91. The van der Waals surface area contributed by atoms with E-state index in [1.54, 1.807) is 24.3 Å². The van der Waals surface area contributed by atoms with Crippen LogP contribution in [0.5, 0.6) is 0 Å². The van der Waals surface area contributed by atoms with Crippen LogP contribution in [0.15, 0.2) is 24.3 Å². The van der Waals surface area contributed by atoms with E-state index in [4.69, 9.17) is 10.8 Å². The Morgan fingerprint density at radius 1 is 1.19 bits per heavy atom. The van der Waals surface area contributed by atoms with E-state index in [0.29, 0.717) is 12.2 Å². The number of anilines is 2. The van der Waals surface area contributed by atoms with Gasteiger partial charge >= 0.3 is 0 Å². The van der Waals surface area contributed by atoms with Crippen molar-refractivity contribution in [3.63, 3.8) is 0 Å². The lowest BCUT2D eigenvalue weighted by Gasteiger charge is -2.06. The zero-order chi connectivity index (χ0) is 12.0. The summed E-state index contributed by atoms with van der Waals surface area (Å²) in [6.45, 7) is -0.00352. The maximum atomic E-state index is 11.3. The van der Waals surface area contributed by atoms with Gasteiger partial charge in [-0.1, -0.05) is 0 Å². The Morgan fingerprint density at radius 2 is 1.81 bits per heavy atom. The molecule has 4 N–H and O–H groups in total. The number of aliphatic hydroxyl groups excluding tert-OH is 1. The molecule has 6 heteroatoms. The van der Waals surface area contributed by atoms with E-state index in [0.717, 1.165) is 5.69 Å². The van der Waals surface area contributed by atoms with Gasteiger partial charge in [0.15, 0.2) is 9.84 Å². The van der Waals surface area contributed by atoms with Crippen LogP contribution in [0.1, 0.15) is 0 Å². The number of aliphatic hydroxyl groups is 1. The minimum atomic E-state index is -3.15. The Hall–Kier alpha value is -1.27. The largest absolute Gasteiger partial charge is 0.399 e. The third-order valence-electron chi connectivity index (χ3n) is 2.06. The molecular formula is C10H16N2O3S. The second kappa shape index (κ2) is 5.72. The van der Waals surface area contributed by atoms with Crippen molar-refractivity contribution in [1.82, 2.24) is 0 Å². The Balaban J connectivity index is 2.39. The molecule has 0 spiro atoms. The summed E-state index contributed by atoms with van der Waals surface area (Å²) >= 11 is 0. The summed E-state index contributed by atoms with van der Waals surface area (Å²) in [5.41, 5.74) is 7.01. The highest BCUT2D eigenvalue weighted by Gasteiger charge is 2.08. The lowest BCUT2D eigenvalue weighted by atomic mass is 10.3. The lowest BCUT2D eigenvalue weighted by molar-refractivity contribution is 0.319. The molecule has 0 aliphatic carbocycles. The predicted molar refractivity (Wildman–Crippen MR) is 65.1 cm³/mol. The van der Waals surface area contributed by atoms with Crippen LogP contribution in [0.2, 0.25) is 0 Å². The van der Waals surface area contributed by atoms with Crippen LogP contribution in [0.4, 0.5) is 11.4 Å². The summed E-state index contributed by atoms with van der Waals surface area (Å²) in [5.74, 6) is -0.172. The molecule has 0 saturated heterocycles. The highest BCUT2D eigenvalue weighted by atomic mass is 32.2. The molecule has 0 atom stereocenters. The second-order valence-electron chi connectivity index (χ2n) is 3.42. The van der Waals surface area contributed by atoms with Crippen LogP contribution in [-0.4, -0.2) is 38.2 Å². The fourth-order valence-corrected chi connectivity index (χ4v) is 2.09. The maximum absolute atomic E-state index is 11.3. The minimum Gasteiger partial charge on any atom is -0.399 e. The molecule has 0 amide bonds. The molecule has 1 aromatic carbocycles. The molecule has 0 aromatic heterocycles. The van der Waals surface area contributed by atoms with E-state index < -0.39 is 9.84 Å². The predicted octanol–water partition coefficient (Wildman–Crippen LogP) is 0.0878. The highest BCUT2D eigenvalue weighted by Crippen LogP contribution is 2.09. The molecule has 16 heavy (non-hydrogen) atoms. The van der Waals surface area contributed by atoms with E-state index in [-0.39, 0.29) is 18.1 Å². The molecule has 0 aliphatic heterocycles. The number of nitrogens with one attached hydrogen (secondary N) is 1. The molecule has 1 rings (SSSR count). The number of nitrogens with two attached hydrogens (primary N) is 1. The molecule has 0 unspecified atom stereocenters. The van der Waals surface area contributed by atoms with Gasteiger partial charge in [-0.3, -0.25) is 0 Å². The minimum absolute atomic E-state index is 0.0118. The Bertz CT molecular complexity index is 414. The number of hydrogen-bond donors (Lipinski definition) is 3. The first-order valence-corrected chi connectivity index (χ1v) is 6.76. The van der Waals surface area contributed by atoms with Crippen molar-refractivity contribution in [3.05, 3.63) is 24.3 Å². The van der Waals surface area contributed by atoms with Crippen molar-refractivity contribution in [1.29, 1.82) is 0 Å². The van der Waals surface area contributed by atoms with Crippen LogP contribution in [0, 0.1) is 0 Å². The Labute approximate surface area is 95.2 Å². The molecule has 5 nitrogen and oxygen atoms in total. The van der Waals surface area contributed by atoms with Crippen molar-refractivity contribution in [3.8, 4) is 0 Å². The van der Waals surface area contributed by atoms with Crippen molar-refractivity contribution >= 4 is 21.2 Å². The summed E-state index contributed by atoms with van der Waals surface area (Å²) in [6, 6.07) is 7.05. The smallest absolute Gasteiger partial charge is 0.154 e. The number of benzene rings is 1. The van der Waals surface area contributed by atoms with E-state index >= 15 is 0 Å². The van der Waals surface area contributed by atoms with Crippen molar-refractivity contribution in [2.45, 2.75) is 0 Å².